The molecule has 0 heterocycles. The lowest BCUT2D eigenvalue weighted by molar-refractivity contribution is -0.385. The standard InChI is InChI=1S/C13H16FN3O4/c1-3-16(4-2)12(18)8-15-13(19)10-7-9(14)5-6-11(10)17(20)21/h5-7H,3-4,8H2,1-2H3,(H,15,19). The average molecular weight is 297 g/mol. The number of nitro groups is 1. The van der Waals surface area contributed by atoms with Gasteiger partial charge >= 0.3 is 0 Å². The summed E-state index contributed by atoms with van der Waals surface area (Å²) in [5, 5.41) is 13.1. The average Bonchev–Trinajstić information content (AvgIpc) is 2.45. The van der Waals surface area contributed by atoms with Gasteiger partial charge in [0.2, 0.25) is 5.91 Å². The fourth-order valence-corrected chi connectivity index (χ4v) is 1.79. The highest BCUT2D eigenvalue weighted by atomic mass is 19.1. The van der Waals surface area contributed by atoms with Crippen LogP contribution in [-0.2, 0) is 4.79 Å². The maximum Gasteiger partial charge on any atom is 0.282 e. The number of carbonyl (C=O) groups is 2. The van der Waals surface area contributed by atoms with Crippen molar-refractivity contribution in [1.29, 1.82) is 0 Å². The van der Waals surface area contributed by atoms with Crippen LogP contribution in [0.5, 0.6) is 0 Å². The van der Waals surface area contributed by atoms with Gasteiger partial charge in [0, 0.05) is 19.2 Å². The molecule has 0 spiro atoms. The second-order valence-electron chi connectivity index (χ2n) is 4.17. The fourth-order valence-electron chi connectivity index (χ4n) is 1.79. The predicted octanol–water partition coefficient (Wildman–Crippen LogP) is 1.33. The molecule has 0 atom stereocenters. The van der Waals surface area contributed by atoms with Gasteiger partial charge in [0.15, 0.2) is 0 Å². The van der Waals surface area contributed by atoms with Crippen LogP contribution in [0.1, 0.15) is 24.2 Å². The van der Waals surface area contributed by atoms with Gasteiger partial charge in [0.05, 0.1) is 11.5 Å². The van der Waals surface area contributed by atoms with Crippen LogP contribution in [0.2, 0.25) is 0 Å². The lowest BCUT2D eigenvalue weighted by Crippen LogP contribution is -2.40. The third-order valence-corrected chi connectivity index (χ3v) is 2.92. The van der Waals surface area contributed by atoms with Crippen LogP contribution in [0, 0.1) is 15.9 Å². The van der Waals surface area contributed by atoms with Crippen LogP contribution < -0.4 is 5.32 Å². The van der Waals surface area contributed by atoms with Crippen molar-refractivity contribution < 1.29 is 18.9 Å². The molecule has 2 amide bonds. The van der Waals surface area contributed by atoms with Gasteiger partial charge in [-0.3, -0.25) is 19.7 Å². The van der Waals surface area contributed by atoms with Crippen molar-refractivity contribution in [3.05, 3.63) is 39.7 Å². The second kappa shape index (κ2) is 7.32. The van der Waals surface area contributed by atoms with Crippen molar-refractivity contribution >= 4 is 17.5 Å². The van der Waals surface area contributed by atoms with Gasteiger partial charge in [0.25, 0.3) is 11.6 Å². The molecule has 0 aliphatic heterocycles. The van der Waals surface area contributed by atoms with E-state index in [0.29, 0.717) is 13.1 Å². The summed E-state index contributed by atoms with van der Waals surface area (Å²) in [4.78, 5) is 35.1. The zero-order chi connectivity index (χ0) is 16.0. The normalized spacial score (nSPS) is 10.0. The Balaban J connectivity index is 2.83. The second-order valence-corrected chi connectivity index (χ2v) is 4.17. The summed E-state index contributed by atoms with van der Waals surface area (Å²) in [7, 11) is 0. The molecule has 1 aromatic rings. The Bertz CT molecular complexity index is 558. The quantitative estimate of drug-likeness (QED) is 0.633. The summed E-state index contributed by atoms with van der Waals surface area (Å²) >= 11 is 0. The van der Waals surface area contributed by atoms with Crippen LogP contribution >= 0.6 is 0 Å². The van der Waals surface area contributed by atoms with Gasteiger partial charge in [-0.25, -0.2) is 4.39 Å². The molecule has 0 bridgehead atoms. The van der Waals surface area contributed by atoms with Gasteiger partial charge < -0.3 is 10.2 Å². The summed E-state index contributed by atoms with van der Waals surface area (Å²) in [6.07, 6.45) is 0. The molecule has 114 valence electrons. The predicted molar refractivity (Wildman–Crippen MR) is 73.3 cm³/mol. The molecule has 1 N–H and O–H groups in total. The van der Waals surface area contributed by atoms with E-state index in [-0.39, 0.29) is 12.5 Å². The number of hydrogen-bond donors (Lipinski definition) is 1. The number of likely N-dealkylation sites (N-methyl/N-ethyl adjacent to an activating group) is 1. The lowest BCUT2D eigenvalue weighted by atomic mass is 10.1. The van der Waals surface area contributed by atoms with E-state index in [4.69, 9.17) is 0 Å². The first-order valence-corrected chi connectivity index (χ1v) is 6.40. The van der Waals surface area contributed by atoms with Gasteiger partial charge in [0.1, 0.15) is 11.4 Å². The monoisotopic (exact) mass is 297 g/mol. The Hall–Kier alpha value is -2.51. The van der Waals surface area contributed by atoms with Gasteiger partial charge in [-0.1, -0.05) is 0 Å². The molecule has 0 fully saturated rings. The maximum absolute atomic E-state index is 13.1. The third kappa shape index (κ3) is 4.23. The molecule has 0 aromatic heterocycles. The summed E-state index contributed by atoms with van der Waals surface area (Å²) in [5.41, 5.74) is -0.920. The molecular weight excluding hydrogens is 281 g/mol. The Kier molecular flexibility index (Phi) is 5.77. The smallest absolute Gasteiger partial charge is 0.282 e. The molecule has 7 nitrogen and oxygen atoms in total. The first kappa shape index (κ1) is 16.5. The molecule has 0 unspecified atom stereocenters. The number of carbonyl (C=O) groups excluding carboxylic acids is 2. The van der Waals surface area contributed by atoms with Crippen molar-refractivity contribution in [3.63, 3.8) is 0 Å². The van der Waals surface area contributed by atoms with E-state index >= 15 is 0 Å². The van der Waals surface area contributed by atoms with E-state index in [1.54, 1.807) is 13.8 Å². The van der Waals surface area contributed by atoms with Gasteiger partial charge in [-0.15, -0.1) is 0 Å². The van der Waals surface area contributed by atoms with Crippen LogP contribution in [0.4, 0.5) is 10.1 Å². The van der Waals surface area contributed by atoms with E-state index in [1.165, 1.54) is 4.90 Å². The van der Waals surface area contributed by atoms with Crippen molar-refractivity contribution in [1.82, 2.24) is 10.2 Å². The SMILES string of the molecule is CCN(CC)C(=O)CNC(=O)c1cc(F)ccc1[N+](=O)[O-]. The molecule has 8 heteroatoms. The minimum Gasteiger partial charge on any atom is -0.343 e. The molecule has 1 aromatic carbocycles. The lowest BCUT2D eigenvalue weighted by Gasteiger charge is -2.18. The summed E-state index contributed by atoms with van der Waals surface area (Å²) in [6, 6.07) is 2.59. The minimum atomic E-state index is -0.860. The molecule has 0 aliphatic carbocycles. The molecular formula is C13H16FN3O4. The van der Waals surface area contributed by atoms with Crippen LogP contribution in [0.15, 0.2) is 18.2 Å². The van der Waals surface area contributed by atoms with Crippen LogP contribution in [0.25, 0.3) is 0 Å². The van der Waals surface area contributed by atoms with Crippen molar-refractivity contribution in [2.75, 3.05) is 19.6 Å². The molecule has 21 heavy (non-hydrogen) atoms. The highest BCUT2D eigenvalue weighted by Crippen LogP contribution is 2.19. The highest BCUT2D eigenvalue weighted by molar-refractivity contribution is 5.99. The number of amides is 2. The Morgan fingerprint density at radius 2 is 1.95 bits per heavy atom. The number of nitrogens with one attached hydrogen (secondary N) is 1. The summed E-state index contributed by atoms with van der Waals surface area (Å²) in [6.45, 7) is 4.27. The summed E-state index contributed by atoms with van der Waals surface area (Å²) < 4.78 is 13.1. The van der Waals surface area contributed by atoms with E-state index in [0.717, 1.165) is 18.2 Å². The largest absolute Gasteiger partial charge is 0.343 e. The third-order valence-electron chi connectivity index (χ3n) is 2.92. The zero-order valence-corrected chi connectivity index (χ0v) is 11.8. The fraction of sp³-hybridized carbons (Fsp3) is 0.385. The van der Waals surface area contributed by atoms with E-state index in [2.05, 4.69) is 5.32 Å². The maximum atomic E-state index is 13.1. The van der Waals surface area contributed by atoms with Crippen molar-refractivity contribution in [3.8, 4) is 0 Å². The first-order valence-electron chi connectivity index (χ1n) is 6.40. The van der Waals surface area contributed by atoms with E-state index in [9.17, 15) is 24.1 Å². The van der Waals surface area contributed by atoms with Gasteiger partial charge in [-0.2, -0.15) is 0 Å². The molecule has 1 rings (SSSR count). The Labute approximate surface area is 120 Å². The molecule has 0 saturated heterocycles. The van der Waals surface area contributed by atoms with E-state index in [1.807, 2.05) is 0 Å². The number of rotatable bonds is 6. The number of benzene rings is 1. The topological polar surface area (TPSA) is 92.6 Å². The number of nitro benzene ring substituents is 1. The first-order chi connectivity index (χ1) is 9.90. The minimum absolute atomic E-state index is 0.297. The Morgan fingerprint density at radius 1 is 1.33 bits per heavy atom. The molecule has 0 saturated carbocycles. The molecule has 0 radical (unpaired) electrons. The van der Waals surface area contributed by atoms with Gasteiger partial charge in [-0.05, 0) is 26.0 Å². The Morgan fingerprint density at radius 3 is 2.48 bits per heavy atom. The highest BCUT2D eigenvalue weighted by Gasteiger charge is 2.21. The number of halogens is 1. The number of hydrogen-bond acceptors (Lipinski definition) is 4. The number of nitrogens with zero attached hydrogens (tertiary/aromatic N) is 2. The van der Waals surface area contributed by atoms with Crippen LogP contribution in [0.3, 0.4) is 0 Å². The van der Waals surface area contributed by atoms with Crippen molar-refractivity contribution in [2.24, 2.45) is 0 Å². The zero-order valence-electron chi connectivity index (χ0n) is 11.8. The molecule has 0 aliphatic rings. The van der Waals surface area contributed by atoms with Crippen molar-refractivity contribution in [2.45, 2.75) is 13.8 Å². The van der Waals surface area contributed by atoms with Crippen LogP contribution in [-0.4, -0.2) is 41.3 Å². The van der Waals surface area contributed by atoms with E-state index < -0.39 is 27.9 Å². The summed E-state index contributed by atoms with van der Waals surface area (Å²) in [5.74, 6) is -1.94.